The minimum Gasteiger partial charge on any atom is -0.367 e. The predicted molar refractivity (Wildman–Crippen MR) is 58.9 cm³/mol. The number of nitrogens with zero attached hydrogens (tertiary/aromatic N) is 1. The van der Waals surface area contributed by atoms with E-state index in [2.05, 4.69) is 4.98 Å². The van der Waals surface area contributed by atoms with E-state index in [9.17, 15) is 9.59 Å². The summed E-state index contributed by atoms with van der Waals surface area (Å²) in [6.45, 7) is 3.96. The van der Waals surface area contributed by atoms with E-state index in [0.717, 1.165) is 6.42 Å². The molecular weight excluding hydrogens is 192 g/mol. The molecule has 0 saturated heterocycles. The largest absolute Gasteiger partial charge is 0.367 e. The number of hydrogen-bond donors (Lipinski definition) is 1. The summed E-state index contributed by atoms with van der Waals surface area (Å²) in [5, 5.41) is 0. The van der Waals surface area contributed by atoms with Crippen molar-refractivity contribution in [3.8, 4) is 0 Å². The molecule has 0 radical (unpaired) electrons. The third-order valence-electron chi connectivity index (χ3n) is 2.63. The molecule has 1 rings (SSSR count). The van der Waals surface area contributed by atoms with Crippen LogP contribution in [0.5, 0.6) is 0 Å². The Kier molecular flexibility index (Phi) is 3.66. The number of amides is 1. The van der Waals surface area contributed by atoms with Crippen LogP contribution in [0.1, 0.15) is 30.6 Å². The molecule has 0 spiro atoms. The summed E-state index contributed by atoms with van der Waals surface area (Å²) in [7, 11) is 1.71. The van der Waals surface area contributed by atoms with Crippen molar-refractivity contribution in [2.24, 2.45) is 0 Å². The van der Waals surface area contributed by atoms with Gasteiger partial charge in [0.15, 0.2) is 5.43 Å². The third kappa shape index (κ3) is 2.46. The van der Waals surface area contributed by atoms with E-state index in [1.165, 1.54) is 18.5 Å². The molecule has 82 valence electrons. The molecule has 0 aliphatic heterocycles. The number of aromatic amines is 1. The van der Waals surface area contributed by atoms with Gasteiger partial charge in [-0.2, -0.15) is 0 Å². The highest BCUT2D eigenvalue weighted by Gasteiger charge is 2.18. The van der Waals surface area contributed by atoms with Gasteiger partial charge in [-0.1, -0.05) is 6.92 Å². The monoisotopic (exact) mass is 208 g/mol. The highest BCUT2D eigenvalue weighted by molar-refractivity contribution is 5.93. The second-order valence-corrected chi connectivity index (χ2v) is 3.60. The first kappa shape index (κ1) is 11.5. The molecule has 0 saturated carbocycles. The number of carbonyl (C=O) groups is 1. The second kappa shape index (κ2) is 4.77. The molecule has 0 fully saturated rings. The van der Waals surface area contributed by atoms with E-state index < -0.39 is 0 Å². The molecule has 0 bridgehead atoms. The van der Waals surface area contributed by atoms with Gasteiger partial charge in [-0.05, 0) is 13.3 Å². The Morgan fingerprint density at radius 2 is 2.27 bits per heavy atom. The molecule has 1 aromatic heterocycles. The fourth-order valence-corrected chi connectivity index (χ4v) is 1.25. The Hall–Kier alpha value is -1.58. The zero-order valence-corrected chi connectivity index (χ0v) is 9.28. The normalized spacial score (nSPS) is 12.2. The second-order valence-electron chi connectivity index (χ2n) is 3.60. The van der Waals surface area contributed by atoms with Crippen molar-refractivity contribution in [1.29, 1.82) is 0 Å². The molecule has 1 atom stereocenters. The van der Waals surface area contributed by atoms with E-state index in [0.29, 0.717) is 0 Å². The third-order valence-corrected chi connectivity index (χ3v) is 2.63. The molecule has 1 N–H and O–H groups in total. The number of hydrogen-bond acceptors (Lipinski definition) is 2. The minimum atomic E-state index is -0.242. The van der Waals surface area contributed by atoms with E-state index in [4.69, 9.17) is 0 Å². The summed E-state index contributed by atoms with van der Waals surface area (Å²) in [6, 6.07) is 1.50. The predicted octanol–water partition coefficient (Wildman–Crippen LogP) is 1.25. The Balaban J connectivity index is 2.95. The molecule has 1 amide bonds. The number of rotatable bonds is 3. The van der Waals surface area contributed by atoms with Crippen LogP contribution in [-0.2, 0) is 0 Å². The maximum Gasteiger partial charge on any atom is 0.259 e. The van der Waals surface area contributed by atoms with Gasteiger partial charge in [0.1, 0.15) is 5.56 Å². The smallest absolute Gasteiger partial charge is 0.259 e. The molecule has 1 aromatic rings. The van der Waals surface area contributed by atoms with Crippen molar-refractivity contribution >= 4 is 5.91 Å². The summed E-state index contributed by atoms with van der Waals surface area (Å²) >= 11 is 0. The fourth-order valence-electron chi connectivity index (χ4n) is 1.25. The molecule has 0 aliphatic rings. The standard InChI is InChI=1S/C11H16N2O2/c1-4-8(2)13(3)11(15)9-7-12-6-5-10(9)14/h5-8H,4H2,1-3H3,(H,12,14). The van der Waals surface area contributed by atoms with Crippen LogP contribution in [0.4, 0.5) is 0 Å². The van der Waals surface area contributed by atoms with Crippen LogP contribution in [0.2, 0.25) is 0 Å². The lowest BCUT2D eigenvalue weighted by atomic mass is 10.2. The molecule has 4 nitrogen and oxygen atoms in total. The summed E-state index contributed by atoms with van der Waals surface area (Å²) < 4.78 is 0. The Bertz CT molecular complexity index is 398. The lowest BCUT2D eigenvalue weighted by Gasteiger charge is -2.23. The SMILES string of the molecule is CCC(C)N(C)C(=O)c1c[nH]ccc1=O. The topological polar surface area (TPSA) is 53.2 Å². The van der Waals surface area contributed by atoms with Crippen molar-refractivity contribution in [3.63, 3.8) is 0 Å². The van der Waals surface area contributed by atoms with Gasteiger partial charge in [0.2, 0.25) is 0 Å². The van der Waals surface area contributed by atoms with Gasteiger partial charge in [0.05, 0.1) is 0 Å². The van der Waals surface area contributed by atoms with Crippen LogP contribution < -0.4 is 5.43 Å². The van der Waals surface area contributed by atoms with Gasteiger partial charge in [-0.15, -0.1) is 0 Å². The molecule has 4 heteroatoms. The first-order chi connectivity index (χ1) is 7.07. The van der Waals surface area contributed by atoms with Crippen LogP contribution in [0.3, 0.4) is 0 Å². The number of H-pyrrole nitrogens is 1. The van der Waals surface area contributed by atoms with Gasteiger partial charge >= 0.3 is 0 Å². The molecule has 0 aromatic carbocycles. The highest BCUT2D eigenvalue weighted by atomic mass is 16.2. The van der Waals surface area contributed by atoms with E-state index in [-0.39, 0.29) is 22.9 Å². The summed E-state index contributed by atoms with van der Waals surface area (Å²) in [6.07, 6.45) is 3.83. The molecule has 0 aliphatic carbocycles. The van der Waals surface area contributed by atoms with E-state index in [1.54, 1.807) is 11.9 Å². The van der Waals surface area contributed by atoms with Crippen LogP contribution in [0.25, 0.3) is 0 Å². The van der Waals surface area contributed by atoms with Crippen molar-refractivity contribution in [2.75, 3.05) is 7.05 Å². The van der Waals surface area contributed by atoms with Crippen molar-refractivity contribution in [2.45, 2.75) is 26.3 Å². The number of nitrogens with one attached hydrogen (secondary N) is 1. The van der Waals surface area contributed by atoms with Gasteiger partial charge < -0.3 is 9.88 Å². The van der Waals surface area contributed by atoms with Crippen LogP contribution in [-0.4, -0.2) is 28.9 Å². The summed E-state index contributed by atoms with van der Waals surface area (Å²) in [5.74, 6) is -0.230. The fraction of sp³-hybridized carbons (Fsp3) is 0.455. The molecular formula is C11H16N2O2. The quantitative estimate of drug-likeness (QED) is 0.812. The Morgan fingerprint density at radius 1 is 1.60 bits per heavy atom. The van der Waals surface area contributed by atoms with Crippen LogP contribution in [0.15, 0.2) is 23.3 Å². The zero-order chi connectivity index (χ0) is 11.4. The molecule has 1 heterocycles. The Morgan fingerprint density at radius 3 is 2.80 bits per heavy atom. The van der Waals surface area contributed by atoms with Crippen molar-refractivity contribution < 1.29 is 4.79 Å². The average Bonchev–Trinajstić information content (AvgIpc) is 2.26. The average molecular weight is 208 g/mol. The molecule has 15 heavy (non-hydrogen) atoms. The highest BCUT2D eigenvalue weighted by Crippen LogP contribution is 2.04. The minimum absolute atomic E-state index is 0.136. The Labute approximate surface area is 88.9 Å². The maximum absolute atomic E-state index is 11.9. The zero-order valence-electron chi connectivity index (χ0n) is 9.28. The van der Waals surface area contributed by atoms with Crippen molar-refractivity contribution in [3.05, 3.63) is 34.2 Å². The first-order valence-corrected chi connectivity index (χ1v) is 5.02. The van der Waals surface area contributed by atoms with Gasteiger partial charge in [0, 0.05) is 31.5 Å². The maximum atomic E-state index is 11.9. The van der Waals surface area contributed by atoms with Crippen LogP contribution in [0, 0.1) is 0 Å². The number of aromatic nitrogens is 1. The number of carbonyl (C=O) groups excluding carboxylic acids is 1. The number of pyridine rings is 1. The van der Waals surface area contributed by atoms with E-state index >= 15 is 0 Å². The van der Waals surface area contributed by atoms with Gasteiger partial charge in [-0.3, -0.25) is 9.59 Å². The summed E-state index contributed by atoms with van der Waals surface area (Å²) in [4.78, 5) is 27.6. The van der Waals surface area contributed by atoms with Crippen LogP contribution >= 0.6 is 0 Å². The van der Waals surface area contributed by atoms with Gasteiger partial charge in [-0.25, -0.2) is 0 Å². The lowest BCUT2D eigenvalue weighted by molar-refractivity contribution is 0.0739. The summed E-state index contributed by atoms with van der Waals surface area (Å²) in [5.41, 5.74) is -0.0470. The van der Waals surface area contributed by atoms with Crippen molar-refractivity contribution in [1.82, 2.24) is 9.88 Å². The lowest BCUT2D eigenvalue weighted by Crippen LogP contribution is -2.37. The first-order valence-electron chi connectivity index (χ1n) is 5.02. The van der Waals surface area contributed by atoms with Gasteiger partial charge in [0.25, 0.3) is 5.91 Å². The molecule has 1 unspecified atom stereocenters. The van der Waals surface area contributed by atoms with E-state index in [1.807, 2.05) is 13.8 Å².